The summed E-state index contributed by atoms with van der Waals surface area (Å²) in [4.78, 5) is 21.4. The molecule has 0 saturated heterocycles. The van der Waals surface area contributed by atoms with Gasteiger partial charge in [0.25, 0.3) is 0 Å². The van der Waals surface area contributed by atoms with Crippen molar-refractivity contribution < 1.29 is 19.1 Å². The molecule has 4 heteroatoms. The summed E-state index contributed by atoms with van der Waals surface area (Å²) in [5.74, 6) is 0.0459. The van der Waals surface area contributed by atoms with E-state index in [1.165, 1.54) is 37.3 Å². The van der Waals surface area contributed by atoms with Crippen molar-refractivity contribution in [2.24, 2.45) is 11.8 Å². The maximum atomic E-state index is 10.8. The zero-order valence-corrected chi connectivity index (χ0v) is 19.6. The molecule has 0 aromatic heterocycles. The minimum absolute atomic E-state index is 0.342. The summed E-state index contributed by atoms with van der Waals surface area (Å²) in [5.41, 5.74) is 2.75. The van der Waals surface area contributed by atoms with Gasteiger partial charge >= 0.3 is 5.97 Å². The van der Waals surface area contributed by atoms with Crippen LogP contribution in [-0.2, 0) is 19.1 Å². The first-order valence-corrected chi connectivity index (χ1v) is 10.5. The lowest BCUT2D eigenvalue weighted by atomic mass is 10.0. The molecule has 0 saturated carbocycles. The van der Waals surface area contributed by atoms with Crippen LogP contribution in [0.1, 0.15) is 87.0 Å². The van der Waals surface area contributed by atoms with Crippen molar-refractivity contribution in [3.8, 4) is 0 Å². The number of hydrogen-bond donors (Lipinski definition) is 0. The molecule has 0 aliphatic carbocycles. The monoisotopic (exact) mass is 396 g/mol. The van der Waals surface area contributed by atoms with E-state index >= 15 is 0 Å². The third-order valence-corrected chi connectivity index (χ3v) is 4.37. The average Bonchev–Trinajstić information content (AvgIpc) is 2.59. The Morgan fingerprint density at radius 1 is 0.750 bits per heavy atom. The first-order valence-electron chi connectivity index (χ1n) is 10.5. The smallest absolute Gasteiger partial charge is 0.374 e. The van der Waals surface area contributed by atoms with Gasteiger partial charge in [-0.25, -0.2) is 4.79 Å². The van der Waals surface area contributed by atoms with Crippen molar-refractivity contribution in [3.05, 3.63) is 23.3 Å². The Labute approximate surface area is 173 Å². The van der Waals surface area contributed by atoms with Gasteiger partial charge in [0.2, 0.25) is 5.78 Å². The Hall–Kier alpha value is -1.42. The van der Waals surface area contributed by atoms with E-state index in [-0.39, 0.29) is 0 Å². The molecular weight excluding hydrogens is 352 g/mol. The molecule has 2 unspecified atom stereocenters. The summed E-state index contributed by atoms with van der Waals surface area (Å²) >= 11 is 0. The highest BCUT2D eigenvalue weighted by molar-refractivity contribution is 6.32. The molecule has 0 aromatic carbocycles. The molecule has 164 valence electrons. The number of carbonyl (C=O) groups excluding carboxylic acids is 2. The van der Waals surface area contributed by atoms with E-state index in [9.17, 15) is 9.59 Å². The topological polar surface area (TPSA) is 52.6 Å². The van der Waals surface area contributed by atoms with Crippen LogP contribution in [0.4, 0.5) is 0 Å². The van der Waals surface area contributed by atoms with Crippen LogP contribution in [0.2, 0.25) is 0 Å². The molecule has 0 aliphatic rings. The fourth-order valence-corrected chi connectivity index (χ4v) is 2.38. The second-order valence-corrected chi connectivity index (χ2v) is 8.19. The maximum Gasteiger partial charge on any atom is 0.374 e. The lowest BCUT2D eigenvalue weighted by Crippen LogP contribution is -2.15. The summed E-state index contributed by atoms with van der Waals surface area (Å²) in [6, 6.07) is 0. The van der Waals surface area contributed by atoms with E-state index in [0.717, 1.165) is 31.8 Å². The predicted molar refractivity (Wildman–Crippen MR) is 118 cm³/mol. The number of allylic oxidation sites excluding steroid dienone is 4. The zero-order chi connectivity index (χ0) is 21.9. The van der Waals surface area contributed by atoms with Gasteiger partial charge in [-0.05, 0) is 78.1 Å². The van der Waals surface area contributed by atoms with Crippen LogP contribution < -0.4 is 0 Å². The number of esters is 1. The van der Waals surface area contributed by atoms with Crippen LogP contribution in [0.15, 0.2) is 23.3 Å². The third-order valence-electron chi connectivity index (χ3n) is 4.37. The molecule has 0 aromatic rings. The maximum absolute atomic E-state index is 10.8. The minimum atomic E-state index is -0.725. The normalized spacial score (nSPS) is 12.1. The second kappa shape index (κ2) is 18.9. The molecule has 0 radical (unpaired) electrons. The molecule has 0 fully saturated rings. The number of ketones is 1. The van der Waals surface area contributed by atoms with Gasteiger partial charge in [0, 0.05) is 20.6 Å². The van der Waals surface area contributed by atoms with Gasteiger partial charge in [-0.15, -0.1) is 0 Å². The fraction of sp³-hybridized carbons (Fsp3) is 0.750. The molecule has 0 amide bonds. The summed E-state index contributed by atoms with van der Waals surface area (Å²) in [5, 5.41) is 0. The van der Waals surface area contributed by atoms with Crippen molar-refractivity contribution in [1.82, 2.24) is 0 Å². The summed E-state index contributed by atoms with van der Waals surface area (Å²) in [7, 11) is 1.77. The fourth-order valence-electron chi connectivity index (χ4n) is 2.38. The number of methoxy groups -OCH3 is 1. The highest BCUT2D eigenvalue weighted by atomic mass is 16.5. The molecule has 0 heterocycles. The van der Waals surface area contributed by atoms with Crippen LogP contribution >= 0.6 is 0 Å². The van der Waals surface area contributed by atoms with E-state index in [0.29, 0.717) is 12.5 Å². The number of ether oxygens (including phenoxy) is 2. The largest absolute Gasteiger partial charge is 0.460 e. The van der Waals surface area contributed by atoms with E-state index in [1.54, 1.807) is 7.11 Å². The predicted octanol–water partition coefficient (Wildman–Crippen LogP) is 6.30. The van der Waals surface area contributed by atoms with Crippen molar-refractivity contribution >= 4 is 11.8 Å². The van der Waals surface area contributed by atoms with Crippen molar-refractivity contribution in [2.45, 2.75) is 87.0 Å². The molecule has 0 spiro atoms. The molecule has 4 nitrogen and oxygen atoms in total. The van der Waals surface area contributed by atoms with Crippen LogP contribution in [0.25, 0.3) is 0 Å². The first-order chi connectivity index (χ1) is 13.1. The Bertz CT molecular complexity index is 469. The Balaban J connectivity index is 0. The number of carbonyl (C=O) groups is 2. The zero-order valence-electron chi connectivity index (χ0n) is 19.6. The van der Waals surface area contributed by atoms with Gasteiger partial charge < -0.3 is 9.47 Å². The Morgan fingerprint density at radius 3 is 1.54 bits per heavy atom. The minimum Gasteiger partial charge on any atom is -0.460 e. The van der Waals surface area contributed by atoms with Crippen LogP contribution in [0, 0.1) is 11.8 Å². The van der Waals surface area contributed by atoms with E-state index < -0.39 is 11.8 Å². The lowest BCUT2D eigenvalue weighted by Gasteiger charge is -2.09. The molecule has 2 atom stereocenters. The third kappa shape index (κ3) is 22.6. The summed E-state index contributed by atoms with van der Waals surface area (Å²) in [6.07, 6.45) is 11.2. The molecule has 0 N–H and O–H groups in total. The Kier molecular flexibility index (Phi) is 19.5. The van der Waals surface area contributed by atoms with E-state index in [4.69, 9.17) is 9.47 Å². The van der Waals surface area contributed by atoms with Gasteiger partial charge in [0.15, 0.2) is 0 Å². The van der Waals surface area contributed by atoms with Crippen molar-refractivity contribution in [3.63, 3.8) is 0 Å². The van der Waals surface area contributed by atoms with Gasteiger partial charge in [0.1, 0.15) is 0 Å². The van der Waals surface area contributed by atoms with Gasteiger partial charge in [-0.1, -0.05) is 37.1 Å². The molecule has 0 rings (SSSR count). The number of hydrogen-bond acceptors (Lipinski definition) is 4. The quantitative estimate of drug-likeness (QED) is 0.208. The molecule has 0 aliphatic heterocycles. The number of rotatable bonds is 13. The molecule has 0 bridgehead atoms. The van der Waals surface area contributed by atoms with Crippen molar-refractivity contribution in [2.75, 3.05) is 20.3 Å². The van der Waals surface area contributed by atoms with E-state index in [1.807, 2.05) is 0 Å². The second-order valence-electron chi connectivity index (χ2n) is 8.19. The first kappa shape index (κ1) is 28.8. The average molecular weight is 397 g/mol. The van der Waals surface area contributed by atoms with Crippen LogP contribution in [0.5, 0.6) is 0 Å². The van der Waals surface area contributed by atoms with Gasteiger partial charge in [0.05, 0.1) is 6.61 Å². The molecule has 28 heavy (non-hydrogen) atoms. The van der Waals surface area contributed by atoms with Gasteiger partial charge in [-0.3, -0.25) is 4.79 Å². The van der Waals surface area contributed by atoms with Crippen molar-refractivity contribution in [1.29, 1.82) is 0 Å². The highest BCUT2D eigenvalue weighted by Crippen LogP contribution is 2.12. The van der Waals surface area contributed by atoms with Gasteiger partial charge in [-0.2, -0.15) is 0 Å². The van der Waals surface area contributed by atoms with Crippen LogP contribution in [0.3, 0.4) is 0 Å². The standard InChI is InChI=1S/C13H22O3.C11H22O/c1-10(2)6-5-7-11(3)8-9-16-13(15)12(4)14;1-10(2)6-5-7-11(3)8-9-12-4/h6,11H,5,7-9H2,1-4H3;6,11H,5,7-9H2,1-4H3. The number of Topliss-reactive ketones (excluding diaryl/α,β-unsaturated/α-hetero) is 1. The summed E-state index contributed by atoms with van der Waals surface area (Å²) < 4.78 is 9.82. The highest BCUT2D eigenvalue weighted by Gasteiger charge is 2.09. The molecular formula is C24H44O4. The Morgan fingerprint density at radius 2 is 1.18 bits per heavy atom. The van der Waals surface area contributed by atoms with E-state index in [2.05, 4.69) is 53.7 Å². The SMILES string of the molecule is CC(=O)C(=O)OCCC(C)CCC=C(C)C.COCCC(C)CCC=C(C)C. The van der Waals surface area contributed by atoms with Crippen LogP contribution in [-0.4, -0.2) is 32.1 Å². The lowest BCUT2D eigenvalue weighted by molar-refractivity contribution is -0.153. The summed E-state index contributed by atoms with van der Waals surface area (Å²) in [6.45, 7) is 15.3.